The quantitative estimate of drug-likeness (QED) is 0.878. The Balaban J connectivity index is 1.55. The van der Waals surface area contributed by atoms with Crippen molar-refractivity contribution in [3.63, 3.8) is 0 Å². The highest BCUT2D eigenvalue weighted by atomic mass is 32.1. The average molecular weight is 321 g/mol. The lowest BCUT2D eigenvalue weighted by Crippen LogP contribution is -2.46. The van der Waals surface area contributed by atoms with Crippen LogP contribution in [0.3, 0.4) is 0 Å². The summed E-state index contributed by atoms with van der Waals surface area (Å²) in [6.45, 7) is 1.95. The molecule has 0 spiro atoms. The zero-order valence-electron chi connectivity index (χ0n) is 12.8. The first-order valence-electron chi connectivity index (χ1n) is 8.04. The second kappa shape index (κ2) is 6.79. The largest absolute Gasteiger partial charge is 0.369 e. The van der Waals surface area contributed by atoms with Crippen LogP contribution in [0.1, 0.15) is 46.5 Å². The van der Waals surface area contributed by atoms with Gasteiger partial charge < -0.3 is 11.1 Å². The van der Waals surface area contributed by atoms with Crippen molar-refractivity contribution in [2.24, 2.45) is 5.73 Å². The number of nitrogens with one attached hydrogen (secondary N) is 1. The third kappa shape index (κ3) is 3.50. The molecule has 1 fully saturated rings. The van der Waals surface area contributed by atoms with Gasteiger partial charge in [0.05, 0.1) is 12.1 Å². The molecule has 0 aromatic carbocycles. The van der Waals surface area contributed by atoms with Crippen molar-refractivity contribution in [1.82, 2.24) is 10.2 Å². The van der Waals surface area contributed by atoms with Crippen molar-refractivity contribution in [2.75, 3.05) is 19.6 Å². The second-order valence-corrected chi connectivity index (χ2v) is 7.21. The summed E-state index contributed by atoms with van der Waals surface area (Å²) in [5.74, 6) is -0.208. The van der Waals surface area contributed by atoms with Crippen LogP contribution in [0.5, 0.6) is 0 Å². The van der Waals surface area contributed by atoms with E-state index in [0.29, 0.717) is 6.54 Å². The first-order chi connectivity index (χ1) is 10.6. The molecule has 5 nitrogen and oxygen atoms in total. The molecule has 2 heterocycles. The molecule has 3 N–H and O–H groups in total. The number of rotatable bonds is 4. The van der Waals surface area contributed by atoms with Crippen molar-refractivity contribution in [3.05, 3.63) is 21.4 Å². The molecule has 0 atom stereocenters. The molecule has 2 aliphatic rings. The fourth-order valence-corrected chi connectivity index (χ4v) is 4.53. The van der Waals surface area contributed by atoms with Crippen LogP contribution < -0.4 is 11.1 Å². The van der Waals surface area contributed by atoms with E-state index in [1.54, 1.807) is 11.3 Å². The van der Waals surface area contributed by atoms with Crippen LogP contribution in [0, 0.1) is 0 Å². The summed E-state index contributed by atoms with van der Waals surface area (Å²) < 4.78 is 0. The fraction of sp³-hybridized carbons (Fsp3) is 0.625. The average Bonchev–Trinajstić information content (AvgIpc) is 2.93. The van der Waals surface area contributed by atoms with Crippen molar-refractivity contribution in [1.29, 1.82) is 0 Å². The molecular formula is C16H23N3O2S. The van der Waals surface area contributed by atoms with Crippen LogP contribution in [0.15, 0.2) is 5.38 Å². The van der Waals surface area contributed by atoms with E-state index in [2.05, 4.69) is 10.2 Å². The number of nitrogens with two attached hydrogens (primary N) is 1. The first kappa shape index (κ1) is 15.5. The number of thiophene rings is 1. The summed E-state index contributed by atoms with van der Waals surface area (Å²) in [5, 5.41) is 5.19. The van der Waals surface area contributed by atoms with Crippen LogP contribution in [-0.2, 0) is 17.6 Å². The maximum atomic E-state index is 12.5. The van der Waals surface area contributed by atoms with Crippen molar-refractivity contribution in [2.45, 2.75) is 44.6 Å². The van der Waals surface area contributed by atoms with Gasteiger partial charge in [0.2, 0.25) is 5.91 Å². The Morgan fingerprint density at radius 1 is 1.27 bits per heavy atom. The molecule has 2 amide bonds. The summed E-state index contributed by atoms with van der Waals surface area (Å²) in [4.78, 5) is 26.9. The number of hydrogen-bond acceptors (Lipinski definition) is 4. The number of carbonyl (C=O) groups is 2. The third-order valence-corrected chi connectivity index (χ3v) is 5.70. The molecule has 1 aliphatic carbocycles. The van der Waals surface area contributed by atoms with Gasteiger partial charge in [-0.3, -0.25) is 14.5 Å². The Morgan fingerprint density at radius 3 is 2.73 bits per heavy atom. The number of piperidine rings is 1. The van der Waals surface area contributed by atoms with Crippen LogP contribution in [0.4, 0.5) is 0 Å². The molecule has 0 bridgehead atoms. The smallest absolute Gasteiger partial charge is 0.252 e. The molecule has 0 radical (unpaired) electrons. The van der Waals surface area contributed by atoms with Gasteiger partial charge in [-0.2, -0.15) is 0 Å². The number of hydrogen-bond donors (Lipinski definition) is 2. The van der Waals surface area contributed by atoms with E-state index in [0.717, 1.165) is 44.3 Å². The number of amides is 2. The Bertz CT molecular complexity index is 562. The SMILES string of the molecule is NC(=O)CN1CCC(NC(=O)c2csc3c2CCCC3)CC1. The van der Waals surface area contributed by atoms with E-state index in [4.69, 9.17) is 5.73 Å². The van der Waals surface area contributed by atoms with E-state index in [-0.39, 0.29) is 17.9 Å². The van der Waals surface area contributed by atoms with Crippen LogP contribution in [-0.4, -0.2) is 42.4 Å². The highest BCUT2D eigenvalue weighted by molar-refractivity contribution is 7.10. The van der Waals surface area contributed by atoms with E-state index < -0.39 is 0 Å². The molecule has 1 aliphatic heterocycles. The minimum Gasteiger partial charge on any atom is -0.369 e. The molecule has 1 aromatic heterocycles. The van der Waals surface area contributed by atoms with E-state index in [1.165, 1.54) is 23.3 Å². The Kier molecular flexibility index (Phi) is 4.78. The van der Waals surface area contributed by atoms with E-state index in [1.807, 2.05) is 5.38 Å². The second-order valence-electron chi connectivity index (χ2n) is 6.25. The van der Waals surface area contributed by atoms with Gasteiger partial charge in [-0.15, -0.1) is 11.3 Å². The summed E-state index contributed by atoms with van der Waals surface area (Å²) in [6.07, 6.45) is 6.36. The summed E-state index contributed by atoms with van der Waals surface area (Å²) >= 11 is 1.73. The van der Waals surface area contributed by atoms with Gasteiger partial charge in [0.25, 0.3) is 5.91 Å². The van der Waals surface area contributed by atoms with Crippen LogP contribution in [0.25, 0.3) is 0 Å². The predicted octanol–water partition coefficient (Wildman–Crippen LogP) is 1.31. The third-order valence-electron chi connectivity index (χ3n) is 4.61. The number of fused-ring (bicyclic) bond motifs is 1. The van der Waals surface area contributed by atoms with Crippen molar-refractivity contribution < 1.29 is 9.59 Å². The zero-order valence-corrected chi connectivity index (χ0v) is 13.6. The monoisotopic (exact) mass is 321 g/mol. The Hall–Kier alpha value is -1.40. The summed E-state index contributed by atoms with van der Waals surface area (Å²) in [5.41, 5.74) is 7.38. The first-order valence-corrected chi connectivity index (χ1v) is 8.92. The molecule has 0 unspecified atom stereocenters. The molecule has 22 heavy (non-hydrogen) atoms. The molecule has 120 valence electrons. The normalized spacial score (nSPS) is 19.6. The molecule has 6 heteroatoms. The topological polar surface area (TPSA) is 75.4 Å². The molecule has 3 rings (SSSR count). The fourth-order valence-electron chi connectivity index (χ4n) is 3.40. The van der Waals surface area contributed by atoms with Crippen LogP contribution in [0.2, 0.25) is 0 Å². The van der Waals surface area contributed by atoms with Gasteiger partial charge >= 0.3 is 0 Å². The van der Waals surface area contributed by atoms with Gasteiger partial charge in [0.15, 0.2) is 0 Å². The summed E-state index contributed by atoms with van der Waals surface area (Å²) in [7, 11) is 0. The molecule has 1 aromatic rings. The number of likely N-dealkylation sites (tertiary alicyclic amines) is 1. The number of primary amides is 1. The number of nitrogens with zero attached hydrogens (tertiary/aromatic N) is 1. The van der Waals surface area contributed by atoms with E-state index >= 15 is 0 Å². The molecule has 1 saturated heterocycles. The minimum absolute atomic E-state index is 0.0766. The Morgan fingerprint density at radius 2 is 2.00 bits per heavy atom. The highest BCUT2D eigenvalue weighted by Gasteiger charge is 2.24. The summed E-state index contributed by atoms with van der Waals surface area (Å²) in [6, 6.07) is 0.204. The molecular weight excluding hydrogens is 298 g/mol. The van der Waals surface area contributed by atoms with Gasteiger partial charge in [-0.1, -0.05) is 0 Å². The van der Waals surface area contributed by atoms with Gasteiger partial charge in [0, 0.05) is 29.4 Å². The van der Waals surface area contributed by atoms with Crippen molar-refractivity contribution >= 4 is 23.2 Å². The predicted molar refractivity (Wildman–Crippen MR) is 87.1 cm³/mol. The molecule has 0 saturated carbocycles. The number of carbonyl (C=O) groups excluding carboxylic acids is 2. The van der Waals surface area contributed by atoms with Gasteiger partial charge in [-0.25, -0.2) is 0 Å². The number of aryl methyl sites for hydroxylation is 1. The lowest BCUT2D eigenvalue weighted by molar-refractivity contribution is -0.119. The maximum Gasteiger partial charge on any atom is 0.252 e. The minimum atomic E-state index is -0.285. The maximum absolute atomic E-state index is 12.5. The van der Waals surface area contributed by atoms with E-state index in [9.17, 15) is 9.59 Å². The van der Waals surface area contributed by atoms with Gasteiger partial charge in [-0.05, 0) is 44.1 Å². The lowest BCUT2D eigenvalue weighted by Gasteiger charge is -2.31. The van der Waals surface area contributed by atoms with Gasteiger partial charge in [0.1, 0.15) is 0 Å². The van der Waals surface area contributed by atoms with Crippen molar-refractivity contribution in [3.8, 4) is 0 Å². The Labute approximate surface area is 134 Å². The highest BCUT2D eigenvalue weighted by Crippen LogP contribution is 2.30. The van der Waals surface area contributed by atoms with Crippen LogP contribution >= 0.6 is 11.3 Å². The lowest BCUT2D eigenvalue weighted by atomic mass is 9.95. The zero-order chi connectivity index (χ0) is 15.5. The standard InChI is InChI=1S/C16H23N3O2S/c17-15(20)9-19-7-5-11(6-8-19)18-16(21)13-10-22-14-4-2-1-3-12(13)14/h10-11H,1-9H2,(H2,17,20)(H,18,21).